The van der Waals surface area contributed by atoms with Crippen molar-refractivity contribution in [1.82, 2.24) is 14.5 Å². The van der Waals surface area contributed by atoms with Crippen molar-refractivity contribution in [2.45, 2.75) is 36.1 Å². The molecule has 1 amide bonds. The predicted octanol–water partition coefficient (Wildman–Crippen LogP) is 3.76. The normalized spacial score (nSPS) is 12.3. The molecule has 0 saturated heterocycles. The van der Waals surface area contributed by atoms with E-state index >= 15 is 0 Å². The van der Waals surface area contributed by atoms with Gasteiger partial charge in [-0.05, 0) is 43.3 Å². The summed E-state index contributed by atoms with van der Waals surface area (Å²) in [6.07, 6.45) is 0. The average molecular weight is 486 g/mol. The standard InChI is InChI=1S/C22H23N5O4S2/c1-4-27(5-2)33(29,30)19-11-7-9-17(13-19)21-25-26-22(31-21)32-15(3)20(28)24-18-10-6-8-16(12-18)14-23/h6-13,15H,4-5H2,1-3H3,(H,24,28)/t15-/m1/s1. The summed E-state index contributed by atoms with van der Waals surface area (Å²) in [6.45, 7) is 5.99. The summed E-state index contributed by atoms with van der Waals surface area (Å²) in [5, 5.41) is 19.3. The van der Waals surface area contributed by atoms with Crippen LogP contribution in [0.3, 0.4) is 0 Å². The number of anilines is 1. The topological polar surface area (TPSA) is 129 Å². The molecule has 9 nitrogen and oxygen atoms in total. The van der Waals surface area contributed by atoms with Crippen LogP contribution < -0.4 is 5.32 Å². The molecule has 33 heavy (non-hydrogen) atoms. The molecule has 0 aliphatic carbocycles. The van der Waals surface area contributed by atoms with Crippen LogP contribution in [0.15, 0.2) is 63.1 Å². The molecule has 3 rings (SSSR count). The van der Waals surface area contributed by atoms with Gasteiger partial charge in [-0.25, -0.2) is 8.42 Å². The molecule has 1 aromatic heterocycles. The average Bonchev–Trinajstić information content (AvgIpc) is 3.28. The third-order valence-corrected chi connectivity index (χ3v) is 7.72. The molecule has 0 spiro atoms. The predicted molar refractivity (Wildman–Crippen MR) is 125 cm³/mol. The summed E-state index contributed by atoms with van der Waals surface area (Å²) in [7, 11) is -3.62. The van der Waals surface area contributed by atoms with Gasteiger partial charge in [0, 0.05) is 24.3 Å². The van der Waals surface area contributed by atoms with Crippen LogP contribution in [0.2, 0.25) is 0 Å². The molecule has 0 fully saturated rings. The lowest BCUT2D eigenvalue weighted by molar-refractivity contribution is -0.115. The van der Waals surface area contributed by atoms with Gasteiger partial charge in [0.1, 0.15) is 0 Å². The second kappa shape index (κ2) is 10.6. The van der Waals surface area contributed by atoms with Crippen LogP contribution in [0.4, 0.5) is 5.69 Å². The molecule has 1 atom stereocenters. The SMILES string of the molecule is CCN(CC)S(=O)(=O)c1cccc(-c2nnc(S[C@H](C)C(=O)Nc3cccc(C#N)c3)o2)c1. The fraction of sp³-hybridized carbons (Fsp3) is 0.273. The zero-order valence-corrected chi connectivity index (χ0v) is 20.0. The van der Waals surface area contributed by atoms with E-state index in [1.165, 1.54) is 16.4 Å². The van der Waals surface area contributed by atoms with Gasteiger partial charge < -0.3 is 9.73 Å². The number of amides is 1. The van der Waals surface area contributed by atoms with Crippen LogP contribution in [-0.2, 0) is 14.8 Å². The summed E-state index contributed by atoms with van der Waals surface area (Å²) >= 11 is 1.07. The van der Waals surface area contributed by atoms with E-state index in [1.807, 2.05) is 6.07 Å². The maximum absolute atomic E-state index is 12.8. The van der Waals surface area contributed by atoms with Gasteiger partial charge in [0.2, 0.25) is 21.8 Å². The fourth-order valence-corrected chi connectivity index (χ4v) is 5.18. The second-order valence-corrected chi connectivity index (χ2v) is 10.2. The third kappa shape index (κ3) is 5.78. The van der Waals surface area contributed by atoms with E-state index < -0.39 is 15.3 Å². The minimum Gasteiger partial charge on any atom is -0.411 e. The molecule has 0 saturated carbocycles. The molecule has 0 aliphatic heterocycles. The fourth-order valence-electron chi connectivity index (χ4n) is 2.99. The maximum atomic E-state index is 12.8. The number of nitrogens with zero attached hydrogens (tertiary/aromatic N) is 4. The van der Waals surface area contributed by atoms with E-state index in [4.69, 9.17) is 9.68 Å². The van der Waals surface area contributed by atoms with Gasteiger partial charge in [-0.2, -0.15) is 9.57 Å². The second-order valence-electron chi connectivity index (χ2n) is 6.93. The molecule has 3 aromatic rings. The first kappa shape index (κ1) is 24.4. The number of rotatable bonds is 9. The highest BCUT2D eigenvalue weighted by Crippen LogP contribution is 2.28. The van der Waals surface area contributed by atoms with Gasteiger partial charge in [-0.1, -0.05) is 37.7 Å². The Hall–Kier alpha value is -3.20. The molecular formula is C22H23N5O4S2. The van der Waals surface area contributed by atoms with Crippen molar-refractivity contribution in [2.24, 2.45) is 0 Å². The number of nitriles is 1. The first-order valence-electron chi connectivity index (χ1n) is 10.2. The number of sulfonamides is 1. The number of hydrogen-bond acceptors (Lipinski definition) is 8. The van der Waals surface area contributed by atoms with Gasteiger partial charge in [-0.3, -0.25) is 4.79 Å². The molecule has 1 heterocycles. The zero-order chi connectivity index (χ0) is 24.0. The van der Waals surface area contributed by atoms with Gasteiger partial charge in [0.25, 0.3) is 5.22 Å². The third-order valence-electron chi connectivity index (χ3n) is 4.74. The van der Waals surface area contributed by atoms with E-state index in [2.05, 4.69) is 15.5 Å². The van der Waals surface area contributed by atoms with Crippen LogP contribution in [0.1, 0.15) is 26.3 Å². The molecule has 11 heteroatoms. The largest absolute Gasteiger partial charge is 0.411 e. The molecule has 0 radical (unpaired) electrons. The Labute approximate surface area is 196 Å². The van der Waals surface area contributed by atoms with Crippen LogP contribution in [0, 0.1) is 11.3 Å². The van der Waals surface area contributed by atoms with Crippen molar-refractivity contribution in [3.63, 3.8) is 0 Å². The van der Waals surface area contributed by atoms with Gasteiger partial charge >= 0.3 is 0 Å². The molecule has 2 aromatic carbocycles. The number of aromatic nitrogens is 2. The molecule has 0 unspecified atom stereocenters. The van der Waals surface area contributed by atoms with Crippen LogP contribution in [-0.4, -0.2) is 47.2 Å². The van der Waals surface area contributed by atoms with E-state index in [0.717, 1.165) is 11.8 Å². The lowest BCUT2D eigenvalue weighted by Gasteiger charge is -2.18. The van der Waals surface area contributed by atoms with Crippen molar-refractivity contribution in [2.75, 3.05) is 18.4 Å². The minimum absolute atomic E-state index is 0.142. The number of thioether (sulfide) groups is 1. The zero-order valence-electron chi connectivity index (χ0n) is 18.3. The summed E-state index contributed by atoms with van der Waals surface area (Å²) in [4.78, 5) is 12.6. The first-order chi connectivity index (χ1) is 15.8. The highest BCUT2D eigenvalue weighted by Gasteiger charge is 2.23. The summed E-state index contributed by atoms with van der Waals surface area (Å²) in [5.41, 5.74) is 1.43. The highest BCUT2D eigenvalue weighted by molar-refractivity contribution is 8.00. The summed E-state index contributed by atoms with van der Waals surface area (Å²) < 4.78 is 32.6. The quantitative estimate of drug-likeness (QED) is 0.454. The maximum Gasteiger partial charge on any atom is 0.277 e. The molecule has 172 valence electrons. The Kier molecular flexibility index (Phi) is 7.86. The van der Waals surface area contributed by atoms with Gasteiger partial charge in [0.05, 0.1) is 21.8 Å². The van der Waals surface area contributed by atoms with Gasteiger partial charge in [-0.15, -0.1) is 10.2 Å². The molecule has 1 N–H and O–H groups in total. The van der Waals surface area contributed by atoms with Crippen LogP contribution in [0.25, 0.3) is 11.5 Å². The van der Waals surface area contributed by atoms with Crippen molar-refractivity contribution in [3.8, 4) is 17.5 Å². The minimum atomic E-state index is -3.62. The Morgan fingerprint density at radius 1 is 1.18 bits per heavy atom. The number of carbonyl (C=O) groups is 1. The van der Waals surface area contributed by atoms with Crippen molar-refractivity contribution < 1.29 is 17.6 Å². The molecule has 0 aliphatic rings. The number of hydrogen-bond donors (Lipinski definition) is 1. The number of nitrogens with one attached hydrogen (secondary N) is 1. The monoisotopic (exact) mass is 485 g/mol. The molecular weight excluding hydrogens is 462 g/mol. The van der Waals surface area contributed by atoms with E-state index in [-0.39, 0.29) is 21.9 Å². The van der Waals surface area contributed by atoms with E-state index in [1.54, 1.807) is 57.2 Å². The van der Waals surface area contributed by atoms with Crippen LogP contribution in [0.5, 0.6) is 0 Å². The summed E-state index contributed by atoms with van der Waals surface area (Å²) in [6, 6.07) is 15.0. The van der Waals surface area contributed by atoms with E-state index in [9.17, 15) is 13.2 Å². The molecule has 0 bridgehead atoms. The Morgan fingerprint density at radius 3 is 2.61 bits per heavy atom. The first-order valence-corrected chi connectivity index (χ1v) is 12.5. The van der Waals surface area contributed by atoms with Crippen LogP contribution >= 0.6 is 11.8 Å². The lowest BCUT2D eigenvalue weighted by atomic mass is 10.2. The highest BCUT2D eigenvalue weighted by atomic mass is 32.2. The Morgan fingerprint density at radius 2 is 1.91 bits per heavy atom. The van der Waals surface area contributed by atoms with Crippen molar-refractivity contribution >= 4 is 33.4 Å². The smallest absolute Gasteiger partial charge is 0.277 e. The lowest BCUT2D eigenvalue weighted by Crippen LogP contribution is -2.30. The van der Waals surface area contributed by atoms with Gasteiger partial charge in [0.15, 0.2) is 0 Å². The van der Waals surface area contributed by atoms with Crippen molar-refractivity contribution in [3.05, 3.63) is 54.1 Å². The van der Waals surface area contributed by atoms with E-state index in [0.29, 0.717) is 29.9 Å². The summed E-state index contributed by atoms with van der Waals surface area (Å²) in [5.74, 6) is -0.134. The number of benzene rings is 2. The van der Waals surface area contributed by atoms with Crippen molar-refractivity contribution in [1.29, 1.82) is 5.26 Å². The number of carbonyl (C=O) groups excluding carboxylic acids is 1. The Balaban J connectivity index is 1.72. The Bertz CT molecular complexity index is 1280.